The van der Waals surface area contributed by atoms with Crippen LogP contribution in [-0.2, 0) is 4.79 Å². The molecule has 96 valence electrons. The van der Waals surface area contributed by atoms with Crippen molar-refractivity contribution in [2.45, 2.75) is 70.1 Å². The molecular formula is C12H25NO2S. The Kier molecular flexibility index (Phi) is 7.85. The van der Waals surface area contributed by atoms with Gasteiger partial charge in [0.25, 0.3) is 0 Å². The Hall–Kier alpha value is -0.220. The molecule has 4 heteroatoms. The first-order valence-corrected chi connectivity index (χ1v) is 7.00. The summed E-state index contributed by atoms with van der Waals surface area (Å²) >= 11 is 1.52. The number of amides is 1. The van der Waals surface area contributed by atoms with E-state index in [1.54, 1.807) is 6.92 Å². The first-order chi connectivity index (χ1) is 7.42. The summed E-state index contributed by atoms with van der Waals surface area (Å²) in [4.78, 5) is 11.8. The maximum Gasteiger partial charge on any atom is 0.233 e. The fraction of sp³-hybridized carbons (Fsp3) is 0.917. The molecule has 0 fully saturated rings. The van der Waals surface area contributed by atoms with Crippen molar-refractivity contribution in [1.29, 1.82) is 0 Å². The van der Waals surface area contributed by atoms with Crippen molar-refractivity contribution in [3.05, 3.63) is 0 Å². The van der Waals surface area contributed by atoms with Crippen LogP contribution in [0.2, 0.25) is 0 Å². The molecule has 0 aromatic rings. The van der Waals surface area contributed by atoms with Gasteiger partial charge in [0.15, 0.2) is 0 Å². The molecule has 3 unspecified atom stereocenters. The van der Waals surface area contributed by atoms with E-state index in [2.05, 4.69) is 19.2 Å². The van der Waals surface area contributed by atoms with E-state index in [0.717, 1.165) is 12.8 Å². The zero-order valence-corrected chi connectivity index (χ0v) is 11.8. The third-order valence-electron chi connectivity index (χ3n) is 2.80. The molecule has 16 heavy (non-hydrogen) atoms. The normalized spacial score (nSPS) is 16.9. The van der Waals surface area contributed by atoms with Gasteiger partial charge in [0.05, 0.1) is 11.4 Å². The highest BCUT2D eigenvalue weighted by Crippen LogP contribution is 2.20. The Labute approximate surface area is 103 Å². The predicted molar refractivity (Wildman–Crippen MR) is 70.7 cm³/mol. The van der Waals surface area contributed by atoms with Crippen LogP contribution in [0.15, 0.2) is 0 Å². The molecule has 0 saturated heterocycles. The van der Waals surface area contributed by atoms with Crippen molar-refractivity contribution < 1.29 is 9.90 Å². The third kappa shape index (κ3) is 5.75. The van der Waals surface area contributed by atoms with Crippen LogP contribution in [-0.4, -0.2) is 33.7 Å². The van der Waals surface area contributed by atoms with Gasteiger partial charge in [0.2, 0.25) is 5.91 Å². The van der Waals surface area contributed by atoms with Crippen LogP contribution in [0.3, 0.4) is 0 Å². The largest absolute Gasteiger partial charge is 0.392 e. The molecule has 2 N–H and O–H groups in total. The molecule has 0 bridgehead atoms. The summed E-state index contributed by atoms with van der Waals surface area (Å²) in [6.45, 7) is 9.73. The minimum atomic E-state index is -0.381. The molecule has 0 aliphatic carbocycles. The van der Waals surface area contributed by atoms with Crippen LogP contribution in [0, 0.1) is 0 Å². The van der Waals surface area contributed by atoms with Gasteiger partial charge in [-0.1, -0.05) is 20.8 Å². The predicted octanol–water partition coefficient (Wildman–Crippen LogP) is 2.18. The molecule has 0 spiro atoms. The lowest BCUT2D eigenvalue weighted by molar-refractivity contribution is -0.121. The molecule has 0 rings (SSSR count). The molecule has 0 aromatic carbocycles. The number of aliphatic hydroxyl groups excluding tert-OH is 1. The molecule has 0 radical (unpaired) electrons. The lowest BCUT2D eigenvalue weighted by Gasteiger charge is -2.21. The van der Waals surface area contributed by atoms with Crippen molar-refractivity contribution >= 4 is 17.7 Å². The summed E-state index contributed by atoms with van der Waals surface area (Å²) in [5.41, 5.74) is 0. The number of carbonyl (C=O) groups excluding carboxylic acids is 1. The van der Waals surface area contributed by atoms with Gasteiger partial charge in [0, 0.05) is 11.3 Å². The molecule has 3 atom stereocenters. The van der Waals surface area contributed by atoms with Crippen molar-refractivity contribution in [2.24, 2.45) is 0 Å². The highest BCUT2D eigenvalue weighted by atomic mass is 32.2. The summed E-state index contributed by atoms with van der Waals surface area (Å²) in [5.74, 6) is 0.0752. The van der Waals surface area contributed by atoms with E-state index in [-0.39, 0.29) is 28.6 Å². The van der Waals surface area contributed by atoms with Gasteiger partial charge >= 0.3 is 0 Å². The van der Waals surface area contributed by atoms with Crippen LogP contribution >= 0.6 is 11.8 Å². The number of hydrogen-bond donors (Lipinski definition) is 2. The van der Waals surface area contributed by atoms with Crippen LogP contribution in [0.5, 0.6) is 0 Å². The maximum atomic E-state index is 11.8. The zero-order valence-electron chi connectivity index (χ0n) is 11.0. The van der Waals surface area contributed by atoms with Gasteiger partial charge in [-0.15, -0.1) is 11.8 Å². The Morgan fingerprint density at radius 2 is 1.75 bits per heavy atom. The Morgan fingerprint density at radius 1 is 1.25 bits per heavy atom. The lowest BCUT2D eigenvalue weighted by atomic mass is 10.2. The van der Waals surface area contributed by atoms with Crippen molar-refractivity contribution in [3.8, 4) is 0 Å². The highest BCUT2D eigenvalue weighted by Gasteiger charge is 2.20. The molecule has 0 saturated carbocycles. The number of aliphatic hydroxyl groups is 1. The van der Waals surface area contributed by atoms with Gasteiger partial charge in [0.1, 0.15) is 0 Å². The third-order valence-corrected chi connectivity index (χ3v) is 4.24. The second-order valence-electron chi connectivity index (χ2n) is 4.25. The maximum absolute atomic E-state index is 11.8. The fourth-order valence-electron chi connectivity index (χ4n) is 1.31. The van der Waals surface area contributed by atoms with Gasteiger partial charge in [-0.25, -0.2) is 0 Å². The summed E-state index contributed by atoms with van der Waals surface area (Å²) in [5, 5.41) is 12.4. The lowest BCUT2D eigenvalue weighted by Crippen LogP contribution is -2.39. The number of nitrogens with one attached hydrogen (secondary N) is 1. The smallest absolute Gasteiger partial charge is 0.233 e. The van der Waals surface area contributed by atoms with E-state index in [9.17, 15) is 9.90 Å². The van der Waals surface area contributed by atoms with E-state index in [1.165, 1.54) is 11.8 Å². The average Bonchev–Trinajstić information content (AvgIpc) is 2.24. The first-order valence-electron chi connectivity index (χ1n) is 6.06. The van der Waals surface area contributed by atoms with Gasteiger partial charge in [-0.3, -0.25) is 4.79 Å². The molecule has 0 aromatic heterocycles. The SMILES string of the molecule is CCC(CC)NC(=O)C(C)SC(C)C(C)O. The highest BCUT2D eigenvalue weighted by molar-refractivity contribution is 8.01. The average molecular weight is 247 g/mol. The van der Waals surface area contributed by atoms with Gasteiger partial charge < -0.3 is 10.4 Å². The van der Waals surface area contributed by atoms with Crippen LogP contribution in [0.25, 0.3) is 0 Å². The van der Waals surface area contributed by atoms with Crippen LogP contribution in [0.4, 0.5) is 0 Å². The quantitative estimate of drug-likeness (QED) is 0.725. The number of rotatable bonds is 7. The minimum absolute atomic E-state index is 0.0752. The van der Waals surface area contributed by atoms with E-state index in [1.807, 2.05) is 13.8 Å². The molecule has 1 amide bonds. The molecular weight excluding hydrogens is 222 g/mol. The Bertz CT molecular complexity index is 205. The summed E-state index contributed by atoms with van der Waals surface area (Å²) < 4.78 is 0. The Morgan fingerprint density at radius 3 is 2.12 bits per heavy atom. The standard InChI is InChI=1S/C12H25NO2S/c1-6-11(7-2)13-12(15)10(5)16-9(4)8(3)14/h8-11,14H,6-7H2,1-5H3,(H,13,15). The van der Waals surface area contributed by atoms with Crippen molar-refractivity contribution in [1.82, 2.24) is 5.32 Å². The van der Waals surface area contributed by atoms with Gasteiger partial charge in [-0.05, 0) is 26.7 Å². The van der Waals surface area contributed by atoms with E-state index in [4.69, 9.17) is 0 Å². The Balaban J connectivity index is 4.08. The zero-order chi connectivity index (χ0) is 12.7. The van der Waals surface area contributed by atoms with E-state index >= 15 is 0 Å². The molecule has 0 aliphatic heterocycles. The summed E-state index contributed by atoms with van der Waals surface area (Å²) in [6, 6.07) is 0.275. The molecule has 3 nitrogen and oxygen atoms in total. The van der Waals surface area contributed by atoms with Crippen molar-refractivity contribution in [2.75, 3.05) is 0 Å². The second-order valence-corrected chi connectivity index (χ2v) is 5.97. The molecule has 0 aliphatic rings. The molecule has 0 heterocycles. The van der Waals surface area contributed by atoms with Crippen molar-refractivity contribution in [3.63, 3.8) is 0 Å². The number of thioether (sulfide) groups is 1. The van der Waals surface area contributed by atoms with Gasteiger partial charge in [-0.2, -0.15) is 0 Å². The summed E-state index contributed by atoms with van der Waals surface area (Å²) in [7, 11) is 0. The first kappa shape index (κ1) is 15.8. The minimum Gasteiger partial charge on any atom is -0.392 e. The van der Waals surface area contributed by atoms with E-state index in [0.29, 0.717) is 0 Å². The fourth-order valence-corrected chi connectivity index (χ4v) is 2.37. The number of carbonyl (C=O) groups is 1. The number of hydrogen-bond acceptors (Lipinski definition) is 3. The van der Waals surface area contributed by atoms with Crippen LogP contribution < -0.4 is 5.32 Å². The summed E-state index contributed by atoms with van der Waals surface area (Å²) in [6.07, 6.45) is 1.55. The second kappa shape index (κ2) is 7.96. The van der Waals surface area contributed by atoms with Crippen LogP contribution in [0.1, 0.15) is 47.5 Å². The topological polar surface area (TPSA) is 49.3 Å². The monoisotopic (exact) mass is 247 g/mol. The van der Waals surface area contributed by atoms with E-state index < -0.39 is 0 Å².